The Balaban J connectivity index is 1.75. The Morgan fingerprint density at radius 3 is 2.65 bits per heavy atom. The second kappa shape index (κ2) is 4.13. The molecule has 2 unspecified atom stereocenters. The third-order valence-electron chi connectivity index (χ3n) is 4.86. The molecule has 2 atom stereocenters. The summed E-state index contributed by atoms with van der Waals surface area (Å²) in [6.45, 7) is 2.17. The maximum Gasteiger partial charge on any atom is 0.0259 e. The lowest BCUT2D eigenvalue weighted by Crippen LogP contribution is -2.35. The topological polar surface area (TPSA) is 26.0 Å². The first-order valence-corrected chi connectivity index (χ1v) is 7.05. The zero-order valence-corrected chi connectivity index (χ0v) is 10.8. The van der Waals surface area contributed by atoms with Crippen molar-refractivity contribution >= 4 is 0 Å². The smallest absolute Gasteiger partial charge is 0.0259 e. The number of benzene rings is 1. The molecule has 0 saturated heterocycles. The summed E-state index contributed by atoms with van der Waals surface area (Å²) in [6.07, 6.45) is 8.13. The van der Waals surface area contributed by atoms with Gasteiger partial charge >= 0.3 is 0 Å². The number of hydrogen-bond acceptors (Lipinski definition) is 1. The van der Waals surface area contributed by atoms with Crippen LogP contribution in [-0.2, 0) is 0 Å². The molecule has 2 fully saturated rings. The monoisotopic (exact) mass is 229 g/mol. The van der Waals surface area contributed by atoms with Gasteiger partial charge in [-0.3, -0.25) is 0 Å². The normalized spacial score (nSPS) is 33.6. The molecule has 0 radical (unpaired) electrons. The molecule has 0 aromatic heterocycles. The number of aryl methyl sites for hydroxylation is 1. The highest BCUT2D eigenvalue weighted by Crippen LogP contribution is 2.57. The molecule has 17 heavy (non-hydrogen) atoms. The van der Waals surface area contributed by atoms with E-state index in [4.69, 9.17) is 5.73 Å². The zero-order chi connectivity index (χ0) is 11.9. The molecule has 1 heteroatoms. The lowest BCUT2D eigenvalue weighted by atomic mass is 9.81. The molecule has 0 spiro atoms. The van der Waals surface area contributed by atoms with E-state index in [0.717, 1.165) is 5.92 Å². The van der Waals surface area contributed by atoms with Crippen molar-refractivity contribution in [2.75, 3.05) is 0 Å². The van der Waals surface area contributed by atoms with E-state index in [1.165, 1.54) is 49.7 Å². The highest BCUT2D eigenvalue weighted by atomic mass is 14.9. The molecule has 0 amide bonds. The molecule has 2 aliphatic carbocycles. The van der Waals surface area contributed by atoms with Crippen molar-refractivity contribution < 1.29 is 0 Å². The van der Waals surface area contributed by atoms with Crippen molar-refractivity contribution in [1.82, 2.24) is 0 Å². The molecule has 1 aromatic carbocycles. The van der Waals surface area contributed by atoms with Gasteiger partial charge in [0.1, 0.15) is 0 Å². The standard InChI is InChI=1S/C16H23N/c1-12-6-5-7-13(10-12)15-11-16(15,17)14-8-3-2-4-9-14/h5-7,10,14-15H,2-4,8-9,11,17H2,1H3. The molecule has 1 nitrogen and oxygen atoms in total. The van der Waals surface area contributed by atoms with E-state index < -0.39 is 0 Å². The summed E-state index contributed by atoms with van der Waals surface area (Å²) in [5, 5.41) is 0. The third-order valence-corrected chi connectivity index (χ3v) is 4.86. The maximum atomic E-state index is 6.65. The Kier molecular flexibility index (Phi) is 2.74. The Morgan fingerprint density at radius 2 is 1.94 bits per heavy atom. The molecule has 2 N–H and O–H groups in total. The van der Waals surface area contributed by atoms with Crippen LogP contribution >= 0.6 is 0 Å². The molecule has 2 saturated carbocycles. The lowest BCUT2D eigenvalue weighted by Gasteiger charge is -2.28. The second-order valence-corrected chi connectivity index (χ2v) is 6.12. The summed E-state index contributed by atoms with van der Waals surface area (Å²) >= 11 is 0. The van der Waals surface area contributed by atoms with Gasteiger partial charge in [-0.05, 0) is 37.7 Å². The summed E-state index contributed by atoms with van der Waals surface area (Å²) < 4.78 is 0. The van der Waals surface area contributed by atoms with Gasteiger partial charge in [0.15, 0.2) is 0 Å². The van der Waals surface area contributed by atoms with Gasteiger partial charge in [0.2, 0.25) is 0 Å². The van der Waals surface area contributed by atoms with Gasteiger partial charge in [0, 0.05) is 11.5 Å². The van der Waals surface area contributed by atoms with Crippen molar-refractivity contribution in [3.05, 3.63) is 35.4 Å². The Bertz CT molecular complexity index is 406. The lowest BCUT2D eigenvalue weighted by molar-refractivity contribution is 0.286. The average molecular weight is 229 g/mol. The van der Waals surface area contributed by atoms with Crippen molar-refractivity contribution in [2.24, 2.45) is 11.7 Å². The molecule has 0 heterocycles. The first kappa shape index (κ1) is 11.3. The fourth-order valence-electron chi connectivity index (χ4n) is 3.70. The predicted molar refractivity (Wildman–Crippen MR) is 72.0 cm³/mol. The summed E-state index contributed by atoms with van der Waals surface area (Å²) in [6, 6.07) is 8.92. The number of rotatable bonds is 2. The van der Waals surface area contributed by atoms with Crippen LogP contribution < -0.4 is 5.73 Å². The van der Waals surface area contributed by atoms with Crippen LogP contribution in [0, 0.1) is 12.8 Å². The first-order chi connectivity index (χ1) is 8.20. The average Bonchev–Trinajstić information content (AvgIpc) is 3.05. The minimum absolute atomic E-state index is 0.133. The van der Waals surface area contributed by atoms with Crippen LogP contribution in [0.2, 0.25) is 0 Å². The van der Waals surface area contributed by atoms with E-state index in [1.54, 1.807) is 0 Å². The van der Waals surface area contributed by atoms with Gasteiger partial charge < -0.3 is 5.73 Å². The van der Waals surface area contributed by atoms with Gasteiger partial charge in [-0.2, -0.15) is 0 Å². The summed E-state index contributed by atoms with van der Waals surface area (Å²) in [5.41, 5.74) is 9.61. The Morgan fingerprint density at radius 1 is 1.18 bits per heavy atom. The largest absolute Gasteiger partial charge is 0.324 e. The quantitative estimate of drug-likeness (QED) is 0.821. The fraction of sp³-hybridized carbons (Fsp3) is 0.625. The van der Waals surface area contributed by atoms with E-state index in [9.17, 15) is 0 Å². The van der Waals surface area contributed by atoms with Gasteiger partial charge in [-0.1, -0.05) is 49.1 Å². The molecular formula is C16H23N. The Labute approximate surface area is 104 Å². The fourth-order valence-corrected chi connectivity index (χ4v) is 3.70. The Hall–Kier alpha value is -0.820. The molecular weight excluding hydrogens is 206 g/mol. The van der Waals surface area contributed by atoms with Crippen LogP contribution in [0.4, 0.5) is 0 Å². The minimum Gasteiger partial charge on any atom is -0.324 e. The molecule has 92 valence electrons. The molecule has 3 rings (SSSR count). The number of nitrogens with two attached hydrogens (primary N) is 1. The summed E-state index contributed by atoms with van der Waals surface area (Å²) in [5.74, 6) is 1.41. The molecule has 2 aliphatic rings. The minimum atomic E-state index is 0.133. The van der Waals surface area contributed by atoms with Crippen LogP contribution in [0.25, 0.3) is 0 Å². The number of hydrogen-bond donors (Lipinski definition) is 1. The van der Waals surface area contributed by atoms with Crippen LogP contribution in [-0.4, -0.2) is 5.54 Å². The van der Waals surface area contributed by atoms with Crippen molar-refractivity contribution in [3.63, 3.8) is 0 Å². The van der Waals surface area contributed by atoms with Gasteiger partial charge in [0.25, 0.3) is 0 Å². The van der Waals surface area contributed by atoms with E-state index in [-0.39, 0.29) is 5.54 Å². The van der Waals surface area contributed by atoms with Gasteiger partial charge in [0.05, 0.1) is 0 Å². The van der Waals surface area contributed by atoms with E-state index in [2.05, 4.69) is 31.2 Å². The summed E-state index contributed by atoms with van der Waals surface area (Å²) in [4.78, 5) is 0. The maximum absolute atomic E-state index is 6.65. The van der Waals surface area contributed by atoms with E-state index in [1.807, 2.05) is 0 Å². The van der Waals surface area contributed by atoms with Crippen molar-refractivity contribution in [3.8, 4) is 0 Å². The second-order valence-electron chi connectivity index (χ2n) is 6.12. The SMILES string of the molecule is Cc1cccc(C2CC2(N)C2CCCCC2)c1. The molecule has 0 aliphatic heterocycles. The van der Waals surface area contributed by atoms with Gasteiger partial charge in [-0.25, -0.2) is 0 Å². The van der Waals surface area contributed by atoms with Crippen LogP contribution in [0.1, 0.15) is 55.6 Å². The highest BCUT2D eigenvalue weighted by molar-refractivity contribution is 5.36. The van der Waals surface area contributed by atoms with Crippen LogP contribution in [0.3, 0.4) is 0 Å². The van der Waals surface area contributed by atoms with Crippen LogP contribution in [0.5, 0.6) is 0 Å². The molecule has 0 bridgehead atoms. The van der Waals surface area contributed by atoms with E-state index in [0.29, 0.717) is 5.92 Å². The molecule has 1 aromatic rings. The van der Waals surface area contributed by atoms with Crippen molar-refractivity contribution in [1.29, 1.82) is 0 Å². The van der Waals surface area contributed by atoms with Gasteiger partial charge in [-0.15, -0.1) is 0 Å². The summed E-state index contributed by atoms with van der Waals surface area (Å²) in [7, 11) is 0. The highest BCUT2D eigenvalue weighted by Gasteiger charge is 2.56. The third kappa shape index (κ3) is 2.01. The van der Waals surface area contributed by atoms with Crippen molar-refractivity contribution in [2.45, 2.75) is 56.9 Å². The predicted octanol–water partition coefficient (Wildman–Crippen LogP) is 3.76. The first-order valence-electron chi connectivity index (χ1n) is 7.05. The zero-order valence-electron chi connectivity index (χ0n) is 10.8. The van der Waals surface area contributed by atoms with E-state index >= 15 is 0 Å². The van der Waals surface area contributed by atoms with Crippen LogP contribution in [0.15, 0.2) is 24.3 Å².